The fourth-order valence-electron chi connectivity index (χ4n) is 1.68. The van der Waals surface area contributed by atoms with Gasteiger partial charge in [0.05, 0.1) is 0 Å². The number of hydrogen-bond acceptors (Lipinski definition) is 2. The number of cyclic esters (lactones) is 1. The molecule has 0 aliphatic carbocycles. The van der Waals surface area contributed by atoms with Crippen LogP contribution in [0.25, 0.3) is 0 Å². The third kappa shape index (κ3) is 1.17. The molecule has 2 nitrogen and oxygen atoms in total. The summed E-state index contributed by atoms with van der Waals surface area (Å²) in [5, 5.41) is 0. The number of carbonyl (C=O) groups is 1. The summed E-state index contributed by atoms with van der Waals surface area (Å²) in [4.78, 5) is 11.0. The van der Waals surface area contributed by atoms with E-state index in [9.17, 15) is 4.79 Å². The van der Waals surface area contributed by atoms with E-state index in [2.05, 4.69) is 6.58 Å². The Balaban J connectivity index is 2.91. The molecule has 0 spiro atoms. The topological polar surface area (TPSA) is 26.3 Å². The lowest BCUT2D eigenvalue weighted by Crippen LogP contribution is -2.27. The maximum absolute atomic E-state index is 11.0. The van der Waals surface area contributed by atoms with E-state index in [4.69, 9.17) is 4.74 Å². The summed E-state index contributed by atoms with van der Waals surface area (Å²) < 4.78 is 5.13. The molecule has 1 fully saturated rings. The van der Waals surface area contributed by atoms with Crippen LogP contribution in [0.5, 0.6) is 0 Å². The van der Waals surface area contributed by atoms with Crippen LogP contribution in [0, 0.1) is 5.92 Å². The maximum atomic E-state index is 11.0. The van der Waals surface area contributed by atoms with E-state index < -0.39 is 0 Å². The molecule has 1 aliphatic rings. The molecule has 0 saturated carbocycles. The van der Waals surface area contributed by atoms with Crippen LogP contribution in [0.4, 0.5) is 0 Å². The van der Waals surface area contributed by atoms with Crippen molar-refractivity contribution in [3.63, 3.8) is 0 Å². The molecule has 0 radical (unpaired) electrons. The Morgan fingerprint density at radius 1 is 1.64 bits per heavy atom. The first kappa shape index (κ1) is 8.31. The zero-order chi connectivity index (χ0) is 8.65. The lowest BCUT2D eigenvalue weighted by molar-refractivity contribution is -0.144. The lowest BCUT2D eigenvalue weighted by atomic mass is 9.86. The minimum atomic E-state index is -0.344. The number of esters is 1. The van der Waals surface area contributed by atoms with Gasteiger partial charge in [-0.3, -0.25) is 0 Å². The van der Waals surface area contributed by atoms with Gasteiger partial charge in [0.1, 0.15) is 5.60 Å². The zero-order valence-electron chi connectivity index (χ0n) is 7.31. The van der Waals surface area contributed by atoms with E-state index in [0.29, 0.717) is 5.57 Å². The highest BCUT2D eigenvalue weighted by molar-refractivity contribution is 5.91. The first-order valence-electron chi connectivity index (χ1n) is 3.91. The normalized spacial score (nSPS) is 28.8. The van der Waals surface area contributed by atoms with Gasteiger partial charge >= 0.3 is 5.97 Å². The molecule has 0 aromatic rings. The van der Waals surface area contributed by atoms with Crippen molar-refractivity contribution < 1.29 is 9.53 Å². The predicted octanol–water partition coefficient (Wildman–Crippen LogP) is 1.90. The lowest BCUT2D eigenvalue weighted by Gasteiger charge is -2.22. The Morgan fingerprint density at radius 3 is 2.36 bits per heavy atom. The van der Waals surface area contributed by atoms with Gasteiger partial charge in [0.2, 0.25) is 0 Å². The summed E-state index contributed by atoms with van der Waals surface area (Å²) >= 11 is 0. The highest BCUT2D eigenvalue weighted by Gasteiger charge is 2.43. The highest BCUT2D eigenvalue weighted by Crippen LogP contribution is 2.37. The molecule has 0 aromatic carbocycles. The SMILES string of the molecule is C=C1C(=O)OC(C)(C)C1CC. The van der Waals surface area contributed by atoms with Crippen LogP contribution in [-0.2, 0) is 9.53 Å². The van der Waals surface area contributed by atoms with Gasteiger partial charge in [0.25, 0.3) is 0 Å². The molecule has 62 valence electrons. The van der Waals surface area contributed by atoms with Crippen molar-refractivity contribution in [2.24, 2.45) is 5.92 Å². The monoisotopic (exact) mass is 154 g/mol. The maximum Gasteiger partial charge on any atom is 0.334 e. The molecule has 11 heavy (non-hydrogen) atoms. The minimum Gasteiger partial charge on any atom is -0.456 e. The van der Waals surface area contributed by atoms with E-state index in [1.54, 1.807) is 0 Å². The van der Waals surface area contributed by atoms with Crippen LogP contribution in [-0.4, -0.2) is 11.6 Å². The number of carbonyl (C=O) groups excluding carboxylic acids is 1. The fraction of sp³-hybridized carbons (Fsp3) is 0.667. The Labute approximate surface area is 67.2 Å². The van der Waals surface area contributed by atoms with Gasteiger partial charge < -0.3 is 4.74 Å². The Bertz CT molecular complexity index is 204. The van der Waals surface area contributed by atoms with Crippen LogP contribution in [0.1, 0.15) is 27.2 Å². The van der Waals surface area contributed by atoms with Crippen LogP contribution < -0.4 is 0 Å². The van der Waals surface area contributed by atoms with Crippen LogP contribution in [0.2, 0.25) is 0 Å². The molecule has 0 aromatic heterocycles. The molecule has 1 unspecified atom stereocenters. The molecular formula is C9H14O2. The summed E-state index contributed by atoms with van der Waals surface area (Å²) in [6, 6.07) is 0. The van der Waals surface area contributed by atoms with E-state index in [1.807, 2.05) is 20.8 Å². The van der Waals surface area contributed by atoms with Gasteiger partial charge in [-0.05, 0) is 20.3 Å². The van der Waals surface area contributed by atoms with Crippen molar-refractivity contribution in [3.05, 3.63) is 12.2 Å². The van der Waals surface area contributed by atoms with E-state index in [0.717, 1.165) is 6.42 Å². The summed E-state index contributed by atoms with van der Waals surface area (Å²) in [7, 11) is 0. The zero-order valence-corrected chi connectivity index (χ0v) is 7.31. The van der Waals surface area contributed by atoms with Crippen molar-refractivity contribution >= 4 is 5.97 Å². The van der Waals surface area contributed by atoms with E-state index >= 15 is 0 Å². The Hall–Kier alpha value is -0.790. The van der Waals surface area contributed by atoms with Crippen molar-refractivity contribution in [3.8, 4) is 0 Å². The first-order valence-corrected chi connectivity index (χ1v) is 3.91. The van der Waals surface area contributed by atoms with Gasteiger partial charge in [-0.25, -0.2) is 4.79 Å². The average molecular weight is 154 g/mol. The molecule has 0 bridgehead atoms. The summed E-state index contributed by atoms with van der Waals surface area (Å²) in [5.41, 5.74) is 0.278. The van der Waals surface area contributed by atoms with Gasteiger partial charge in [0.15, 0.2) is 0 Å². The van der Waals surface area contributed by atoms with Gasteiger partial charge in [-0.2, -0.15) is 0 Å². The second-order valence-electron chi connectivity index (χ2n) is 3.48. The largest absolute Gasteiger partial charge is 0.456 e. The van der Waals surface area contributed by atoms with Crippen LogP contribution in [0.3, 0.4) is 0 Å². The fourth-order valence-corrected chi connectivity index (χ4v) is 1.68. The quantitative estimate of drug-likeness (QED) is 0.426. The van der Waals surface area contributed by atoms with Crippen LogP contribution in [0.15, 0.2) is 12.2 Å². The molecule has 0 amide bonds. The second-order valence-corrected chi connectivity index (χ2v) is 3.48. The van der Waals surface area contributed by atoms with Crippen LogP contribution >= 0.6 is 0 Å². The molecule has 1 heterocycles. The molecule has 1 atom stereocenters. The predicted molar refractivity (Wildman–Crippen MR) is 43.1 cm³/mol. The van der Waals surface area contributed by atoms with Crippen molar-refractivity contribution in [2.45, 2.75) is 32.8 Å². The summed E-state index contributed by atoms with van der Waals surface area (Å²) in [5.74, 6) is -0.0446. The molecule has 0 N–H and O–H groups in total. The highest BCUT2D eigenvalue weighted by atomic mass is 16.6. The van der Waals surface area contributed by atoms with Gasteiger partial charge in [-0.1, -0.05) is 13.5 Å². The smallest absolute Gasteiger partial charge is 0.334 e. The molecular weight excluding hydrogens is 140 g/mol. The standard InChI is InChI=1S/C9H14O2/c1-5-7-6(2)8(10)11-9(7,3)4/h7H,2,5H2,1,3-4H3. The minimum absolute atomic E-state index is 0.190. The van der Waals surface area contributed by atoms with E-state index in [-0.39, 0.29) is 17.5 Å². The third-order valence-electron chi connectivity index (χ3n) is 2.29. The first-order chi connectivity index (χ1) is 4.99. The summed E-state index contributed by atoms with van der Waals surface area (Å²) in [6.07, 6.45) is 0.914. The van der Waals surface area contributed by atoms with Gasteiger partial charge in [0, 0.05) is 11.5 Å². The third-order valence-corrected chi connectivity index (χ3v) is 2.29. The number of rotatable bonds is 1. The van der Waals surface area contributed by atoms with Gasteiger partial charge in [-0.15, -0.1) is 0 Å². The number of ether oxygens (including phenoxy) is 1. The second kappa shape index (κ2) is 2.36. The molecule has 1 saturated heterocycles. The Kier molecular flexibility index (Phi) is 1.78. The number of hydrogen-bond donors (Lipinski definition) is 0. The van der Waals surface area contributed by atoms with Crippen molar-refractivity contribution in [1.82, 2.24) is 0 Å². The van der Waals surface area contributed by atoms with Crippen molar-refractivity contribution in [1.29, 1.82) is 0 Å². The van der Waals surface area contributed by atoms with E-state index in [1.165, 1.54) is 0 Å². The van der Waals surface area contributed by atoms with Crippen molar-refractivity contribution in [2.75, 3.05) is 0 Å². The molecule has 1 rings (SSSR count). The molecule has 1 aliphatic heterocycles. The average Bonchev–Trinajstić information content (AvgIpc) is 2.03. The Morgan fingerprint density at radius 2 is 2.18 bits per heavy atom. The molecule has 2 heteroatoms. The summed E-state index contributed by atoms with van der Waals surface area (Å²) in [6.45, 7) is 9.61.